The van der Waals surface area contributed by atoms with E-state index in [0.29, 0.717) is 51.5 Å². The summed E-state index contributed by atoms with van der Waals surface area (Å²) in [6.45, 7) is 2.17. The van der Waals surface area contributed by atoms with Crippen LogP contribution in [-0.2, 0) is 15.7 Å². The van der Waals surface area contributed by atoms with Crippen LogP contribution in [0.25, 0.3) is 0 Å². The fraction of sp³-hybridized carbons (Fsp3) is 0.636. The number of hydrogen-bond donors (Lipinski definition) is 1. The third-order valence-corrected chi connectivity index (χ3v) is 7.13. The smallest absolute Gasteiger partial charge is 0.416 e. The topological polar surface area (TPSA) is 71.1 Å². The van der Waals surface area contributed by atoms with Crippen molar-refractivity contribution in [2.24, 2.45) is 5.41 Å². The minimum absolute atomic E-state index is 0.0557. The van der Waals surface area contributed by atoms with Crippen LogP contribution >= 0.6 is 0 Å². The van der Waals surface area contributed by atoms with Gasteiger partial charge in [-0.25, -0.2) is 9.18 Å². The van der Waals surface area contributed by atoms with E-state index in [4.69, 9.17) is 9.47 Å². The first-order chi connectivity index (χ1) is 15.6. The Morgan fingerprint density at radius 3 is 2.73 bits per heavy atom. The van der Waals surface area contributed by atoms with Crippen molar-refractivity contribution >= 4 is 11.9 Å². The molecule has 33 heavy (non-hydrogen) atoms. The number of halogens is 4. The summed E-state index contributed by atoms with van der Waals surface area (Å²) in [7, 11) is 0. The molecule has 0 unspecified atom stereocenters. The van der Waals surface area contributed by atoms with Crippen LogP contribution in [0.2, 0.25) is 0 Å². The number of ether oxygens (including phenoxy) is 2. The van der Waals surface area contributed by atoms with Gasteiger partial charge in [0, 0.05) is 32.2 Å². The van der Waals surface area contributed by atoms with Gasteiger partial charge in [-0.3, -0.25) is 4.79 Å². The number of nitrogens with one attached hydrogen (secondary N) is 1. The van der Waals surface area contributed by atoms with E-state index >= 15 is 0 Å². The second-order valence-corrected chi connectivity index (χ2v) is 9.53. The lowest BCUT2D eigenvalue weighted by molar-refractivity contribution is -0.140. The number of urea groups is 1. The van der Waals surface area contributed by atoms with E-state index in [1.54, 1.807) is 9.80 Å². The molecule has 0 aromatic heterocycles. The second kappa shape index (κ2) is 8.03. The van der Waals surface area contributed by atoms with Crippen LogP contribution in [0, 0.1) is 11.2 Å². The van der Waals surface area contributed by atoms with Gasteiger partial charge >= 0.3 is 12.2 Å². The fourth-order valence-corrected chi connectivity index (χ4v) is 5.48. The lowest BCUT2D eigenvalue weighted by Crippen LogP contribution is -2.62. The maximum absolute atomic E-state index is 13.6. The Morgan fingerprint density at radius 1 is 1.18 bits per heavy atom. The number of nitrogens with zero attached hydrogens (tertiary/aromatic N) is 2. The number of carbonyl (C=O) groups is 2. The van der Waals surface area contributed by atoms with Crippen LogP contribution in [0.15, 0.2) is 18.2 Å². The fourth-order valence-electron chi connectivity index (χ4n) is 5.48. The highest BCUT2D eigenvalue weighted by Gasteiger charge is 2.51. The van der Waals surface area contributed by atoms with E-state index in [-0.39, 0.29) is 48.0 Å². The van der Waals surface area contributed by atoms with Crippen molar-refractivity contribution in [1.29, 1.82) is 0 Å². The summed E-state index contributed by atoms with van der Waals surface area (Å²) in [5, 5.41) is 2.89. The van der Waals surface area contributed by atoms with Crippen LogP contribution in [0.1, 0.15) is 31.2 Å². The molecule has 4 aliphatic rings. The third kappa shape index (κ3) is 4.47. The Balaban J connectivity index is 1.15. The Hall–Kier alpha value is -2.56. The molecule has 3 saturated heterocycles. The zero-order valence-corrected chi connectivity index (χ0v) is 17.9. The Labute approximate surface area is 188 Å². The standard InChI is InChI=1S/C22H25F4N3O4/c23-14-5-13(22(24,25)26)6-15(7-14)33-16-8-21(9-16)2-4-29(12-21)20(31)28-3-1-18-17(10-28)27-19(30)11-32-18/h5-7,16-18H,1-4,8-12H2,(H,27,30)/t16?,17-,18+,21?/m1/s1. The SMILES string of the molecule is O=C1CO[C@H]2CCN(C(=O)N3CCC4(CC(Oc5cc(F)cc(C(F)(F)F)c5)C4)C3)C[C@H]2N1. The number of piperidine rings is 1. The van der Waals surface area contributed by atoms with Crippen molar-refractivity contribution in [3.05, 3.63) is 29.6 Å². The van der Waals surface area contributed by atoms with Gasteiger partial charge in [-0.1, -0.05) is 0 Å². The molecule has 1 spiro atoms. The maximum Gasteiger partial charge on any atom is 0.416 e. The molecule has 7 nitrogen and oxygen atoms in total. The zero-order chi connectivity index (χ0) is 23.4. The highest BCUT2D eigenvalue weighted by atomic mass is 19.4. The van der Waals surface area contributed by atoms with Gasteiger partial charge in [-0.2, -0.15) is 13.2 Å². The lowest BCUT2D eigenvalue weighted by Gasteiger charge is -2.45. The molecule has 3 heterocycles. The summed E-state index contributed by atoms with van der Waals surface area (Å²) in [4.78, 5) is 28.2. The Bertz CT molecular complexity index is 950. The summed E-state index contributed by atoms with van der Waals surface area (Å²) >= 11 is 0. The van der Waals surface area contributed by atoms with Crippen LogP contribution in [-0.4, -0.2) is 72.8 Å². The molecule has 180 valence electrons. The van der Waals surface area contributed by atoms with Crippen molar-refractivity contribution in [1.82, 2.24) is 15.1 Å². The van der Waals surface area contributed by atoms with Gasteiger partial charge in [-0.05, 0) is 43.2 Å². The predicted octanol–water partition coefficient (Wildman–Crippen LogP) is 2.79. The number of likely N-dealkylation sites (tertiary alicyclic amines) is 2. The first-order valence-corrected chi connectivity index (χ1v) is 11.1. The molecule has 0 bridgehead atoms. The van der Waals surface area contributed by atoms with Gasteiger partial charge < -0.3 is 24.6 Å². The second-order valence-electron chi connectivity index (χ2n) is 9.53. The largest absolute Gasteiger partial charge is 0.490 e. The summed E-state index contributed by atoms with van der Waals surface area (Å²) in [6.07, 6.45) is -2.37. The first-order valence-electron chi connectivity index (χ1n) is 11.1. The number of carbonyl (C=O) groups excluding carboxylic acids is 2. The van der Waals surface area contributed by atoms with Gasteiger partial charge in [0.2, 0.25) is 5.91 Å². The summed E-state index contributed by atoms with van der Waals surface area (Å²) in [6, 6.07) is 1.95. The molecular formula is C22H25F4N3O4. The van der Waals surface area contributed by atoms with Gasteiger partial charge in [-0.15, -0.1) is 0 Å². The number of morpholine rings is 1. The molecule has 11 heteroatoms. The Kier molecular flexibility index (Phi) is 5.42. The van der Waals surface area contributed by atoms with Gasteiger partial charge in [0.05, 0.1) is 23.8 Å². The van der Waals surface area contributed by atoms with Crippen molar-refractivity contribution in [3.8, 4) is 5.75 Å². The van der Waals surface area contributed by atoms with E-state index in [9.17, 15) is 27.2 Å². The predicted molar refractivity (Wildman–Crippen MR) is 107 cm³/mol. The number of amides is 3. The molecule has 5 rings (SSSR count). The van der Waals surface area contributed by atoms with Crippen LogP contribution in [0.4, 0.5) is 22.4 Å². The number of benzene rings is 1. The average Bonchev–Trinajstić information content (AvgIpc) is 3.17. The van der Waals surface area contributed by atoms with Crippen molar-refractivity contribution < 1.29 is 36.6 Å². The summed E-state index contributed by atoms with van der Waals surface area (Å²) < 4.78 is 63.5. The first kappa shape index (κ1) is 22.2. The summed E-state index contributed by atoms with van der Waals surface area (Å²) in [5.41, 5.74) is -1.20. The van der Waals surface area contributed by atoms with Gasteiger partial charge in [0.15, 0.2) is 0 Å². The molecule has 3 amide bonds. The molecular weight excluding hydrogens is 446 g/mol. The third-order valence-electron chi connectivity index (χ3n) is 7.13. The molecule has 4 fully saturated rings. The molecule has 3 aliphatic heterocycles. The number of fused-ring (bicyclic) bond motifs is 1. The van der Waals surface area contributed by atoms with E-state index in [0.717, 1.165) is 18.6 Å². The van der Waals surface area contributed by atoms with E-state index in [1.165, 1.54) is 0 Å². The van der Waals surface area contributed by atoms with E-state index in [1.807, 2.05) is 0 Å². The highest BCUT2D eigenvalue weighted by Crippen LogP contribution is 2.50. The molecule has 2 atom stereocenters. The molecule has 1 aromatic carbocycles. The molecule has 1 aromatic rings. The van der Waals surface area contributed by atoms with Gasteiger partial charge in [0.25, 0.3) is 0 Å². The van der Waals surface area contributed by atoms with E-state index in [2.05, 4.69) is 5.32 Å². The van der Waals surface area contributed by atoms with Crippen LogP contribution < -0.4 is 10.1 Å². The van der Waals surface area contributed by atoms with Crippen molar-refractivity contribution in [2.75, 3.05) is 32.8 Å². The molecule has 1 N–H and O–H groups in total. The number of alkyl halides is 3. The minimum Gasteiger partial charge on any atom is -0.490 e. The van der Waals surface area contributed by atoms with Crippen molar-refractivity contribution in [3.63, 3.8) is 0 Å². The van der Waals surface area contributed by atoms with Crippen LogP contribution in [0.5, 0.6) is 5.75 Å². The monoisotopic (exact) mass is 471 g/mol. The molecule has 1 aliphatic carbocycles. The lowest BCUT2D eigenvalue weighted by atomic mass is 9.66. The number of hydrogen-bond acceptors (Lipinski definition) is 4. The molecule has 0 radical (unpaired) electrons. The average molecular weight is 471 g/mol. The Morgan fingerprint density at radius 2 is 1.97 bits per heavy atom. The summed E-state index contributed by atoms with van der Waals surface area (Å²) in [5.74, 6) is -1.30. The van der Waals surface area contributed by atoms with E-state index < -0.39 is 17.6 Å². The normalized spacial score (nSPS) is 31.8. The zero-order valence-electron chi connectivity index (χ0n) is 17.9. The highest BCUT2D eigenvalue weighted by molar-refractivity contribution is 5.79. The van der Waals surface area contributed by atoms with Crippen LogP contribution in [0.3, 0.4) is 0 Å². The maximum atomic E-state index is 13.6. The van der Waals surface area contributed by atoms with Gasteiger partial charge in [0.1, 0.15) is 18.2 Å². The molecule has 1 saturated carbocycles. The van der Waals surface area contributed by atoms with Crippen molar-refractivity contribution in [2.45, 2.75) is 50.1 Å². The quantitative estimate of drug-likeness (QED) is 0.674. The number of rotatable bonds is 2. The minimum atomic E-state index is -4.64.